The number of nitrogens with one attached hydrogen (secondary N) is 1. The first-order valence-electron chi connectivity index (χ1n) is 4.09. The maximum atomic E-state index is 8.89. The lowest BCUT2D eigenvalue weighted by atomic mass is 10.2. The molecule has 0 bridgehead atoms. The zero-order chi connectivity index (χ0) is 8.53. The van der Waals surface area contributed by atoms with Crippen LogP contribution >= 0.6 is 0 Å². The van der Waals surface area contributed by atoms with Crippen LogP contribution in [0.25, 0.3) is 0 Å². The van der Waals surface area contributed by atoms with Gasteiger partial charge in [-0.3, -0.25) is 0 Å². The number of rotatable bonds is 6. The van der Waals surface area contributed by atoms with Crippen LogP contribution in [-0.2, 0) is 0 Å². The molecule has 2 heteroatoms. The highest BCUT2D eigenvalue weighted by Crippen LogP contribution is 1.92. The van der Waals surface area contributed by atoms with Gasteiger partial charge in [-0.2, -0.15) is 0 Å². The molecular weight excluding hydrogens is 138 g/mol. The first kappa shape index (κ1) is 10.5. The highest BCUT2D eigenvalue weighted by atomic mass is 16.3. The summed E-state index contributed by atoms with van der Waals surface area (Å²) in [6, 6.07) is 0. The van der Waals surface area contributed by atoms with E-state index in [4.69, 9.17) is 11.5 Å². The van der Waals surface area contributed by atoms with Gasteiger partial charge in [-0.1, -0.05) is 0 Å². The third kappa shape index (κ3) is 9.48. The standard InChI is InChI=1S/C9H17NO/c1-3-4-7-10-8-5-6-9(2)11/h1,9-11H,4-8H2,2H3. The lowest BCUT2D eigenvalue weighted by Crippen LogP contribution is -2.17. The Bertz CT molecular complexity index is 115. The van der Waals surface area contributed by atoms with E-state index in [1.165, 1.54) is 0 Å². The molecule has 0 radical (unpaired) electrons. The molecular formula is C9H17NO. The molecule has 64 valence electrons. The molecule has 0 fully saturated rings. The second-order valence-electron chi connectivity index (χ2n) is 2.70. The Hall–Kier alpha value is -0.520. The zero-order valence-electron chi connectivity index (χ0n) is 7.14. The van der Waals surface area contributed by atoms with Gasteiger partial charge in [-0.25, -0.2) is 0 Å². The average Bonchev–Trinajstić information content (AvgIpc) is 1.96. The summed E-state index contributed by atoms with van der Waals surface area (Å²) in [5.41, 5.74) is 0. The zero-order valence-corrected chi connectivity index (χ0v) is 7.14. The normalized spacial score (nSPS) is 12.5. The predicted molar refractivity (Wildman–Crippen MR) is 47.2 cm³/mol. The molecule has 0 aromatic heterocycles. The summed E-state index contributed by atoms with van der Waals surface area (Å²) in [7, 11) is 0. The van der Waals surface area contributed by atoms with Crippen molar-refractivity contribution in [2.45, 2.75) is 32.3 Å². The third-order valence-corrected chi connectivity index (χ3v) is 1.42. The molecule has 0 heterocycles. The number of hydrogen-bond donors (Lipinski definition) is 2. The molecule has 2 nitrogen and oxygen atoms in total. The average molecular weight is 155 g/mol. The molecule has 0 aromatic rings. The molecule has 0 rings (SSSR count). The SMILES string of the molecule is C#CCCNCCCC(C)O. The van der Waals surface area contributed by atoms with E-state index in [0.717, 1.165) is 32.4 Å². The van der Waals surface area contributed by atoms with Gasteiger partial charge < -0.3 is 10.4 Å². The molecule has 0 spiro atoms. The second kappa shape index (κ2) is 7.59. The fraction of sp³-hybridized carbons (Fsp3) is 0.778. The quantitative estimate of drug-likeness (QED) is 0.438. The number of aliphatic hydroxyl groups excluding tert-OH is 1. The highest BCUT2D eigenvalue weighted by molar-refractivity contribution is 4.83. The highest BCUT2D eigenvalue weighted by Gasteiger charge is 1.93. The van der Waals surface area contributed by atoms with Crippen molar-refractivity contribution in [1.82, 2.24) is 5.32 Å². The minimum absolute atomic E-state index is 0.176. The van der Waals surface area contributed by atoms with E-state index in [0.29, 0.717) is 0 Å². The van der Waals surface area contributed by atoms with E-state index in [-0.39, 0.29) is 6.10 Å². The summed E-state index contributed by atoms with van der Waals surface area (Å²) in [6.45, 7) is 3.64. The van der Waals surface area contributed by atoms with E-state index in [9.17, 15) is 0 Å². The van der Waals surface area contributed by atoms with Gasteiger partial charge in [-0.15, -0.1) is 12.3 Å². The van der Waals surface area contributed by atoms with Gasteiger partial charge in [0, 0.05) is 13.0 Å². The van der Waals surface area contributed by atoms with Crippen LogP contribution in [0.15, 0.2) is 0 Å². The van der Waals surface area contributed by atoms with Gasteiger partial charge in [-0.05, 0) is 26.3 Å². The molecule has 0 aromatic carbocycles. The molecule has 2 N–H and O–H groups in total. The van der Waals surface area contributed by atoms with E-state index < -0.39 is 0 Å². The largest absolute Gasteiger partial charge is 0.393 e. The van der Waals surface area contributed by atoms with Gasteiger partial charge >= 0.3 is 0 Å². The molecule has 0 saturated carbocycles. The molecule has 0 aliphatic heterocycles. The van der Waals surface area contributed by atoms with E-state index in [1.54, 1.807) is 6.92 Å². The molecule has 0 aliphatic carbocycles. The van der Waals surface area contributed by atoms with Crippen molar-refractivity contribution < 1.29 is 5.11 Å². The maximum Gasteiger partial charge on any atom is 0.0512 e. The van der Waals surface area contributed by atoms with Crippen molar-refractivity contribution in [3.8, 4) is 12.3 Å². The summed E-state index contributed by atoms with van der Waals surface area (Å²) >= 11 is 0. The Balaban J connectivity index is 2.86. The number of terminal acetylenes is 1. The summed E-state index contributed by atoms with van der Waals surface area (Å²) in [6.07, 6.45) is 7.55. The van der Waals surface area contributed by atoms with Crippen LogP contribution in [-0.4, -0.2) is 24.3 Å². The molecule has 11 heavy (non-hydrogen) atoms. The van der Waals surface area contributed by atoms with Crippen molar-refractivity contribution in [3.63, 3.8) is 0 Å². The fourth-order valence-electron chi connectivity index (χ4n) is 0.808. The minimum Gasteiger partial charge on any atom is -0.393 e. The van der Waals surface area contributed by atoms with E-state index in [2.05, 4.69) is 11.2 Å². The molecule has 0 aliphatic rings. The van der Waals surface area contributed by atoms with Crippen LogP contribution in [0.1, 0.15) is 26.2 Å². The van der Waals surface area contributed by atoms with Crippen molar-refractivity contribution in [2.75, 3.05) is 13.1 Å². The number of hydrogen-bond acceptors (Lipinski definition) is 2. The predicted octanol–water partition coefficient (Wildman–Crippen LogP) is 0.760. The van der Waals surface area contributed by atoms with Crippen LogP contribution in [0.2, 0.25) is 0 Å². The van der Waals surface area contributed by atoms with Crippen molar-refractivity contribution in [2.24, 2.45) is 0 Å². The summed E-state index contributed by atoms with van der Waals surface area (Å²) < 4.78 is 0. The van der Waals surface area contributed by atoms with Crippen LogP contribution < -0.4 is 5.32 Å². The monoisotopic (exact) mass is 155 g/mol. The summed E-state index contributed by atoms with van der Waals surface area (Å²) in [4.78, 5) is 0. The van der Waals surface area contributed by atoms with Crippen molar-refractivity contribution in [1.29, 1.82) is 0 Å². The summed E-state index contributed by atoms with van der Waals surface area (Å²) in [5, 5.41) is 12.1. The van der Waals surface area contributed by atoms with Crippen LogP contribution in [0.3, 0.4) is 0 Å². The Labute approximate surface area is 69.0 Å². The molecule has 0 saturated heterocycles. The van der Waals surface area contributed by atoms with Gasteiger partial charge in [0.1, 0.15) is 0 Å². The number of aliphatic hydroxyl groups is 1. The first-order valence-corrected chi connectivity index (χ1v) is 4.09. The third-order valence-electron chi connectivity index (χ3n) is 1.42. The second-order valence-corrected chi connectivity index (χ2v) is 2.70. The fourth-order valence-corrected chi connectivity index (χ4v) is 0.808. The Morgan fingerprint density at radius 3 is 2.82 bits per heavy atom. The Morgan fingerprint density at radius 1 is 1.55 bits per heavy atom. The smallest absolute Gasteiger partial charge is 0.0512 e. The topological polar surface area (TPSA) is 32.3 Å². The van der Waals surface area contributed by atoms with Crippen molar-refractivity contribution >= 4 is 0 Å². The Morgan fingerprint density at radius 2 is 2.27 bits per heavy atom. The van der Waals surface area contributed by atoms with Gasteiger partial charge in [0.2, 0.25) is 0 Å². The van der Waals surface area contributed by atoms with Gasteiger partial charge in [0.15, 0.2) is 0 Å². The lowest BCUT2D eigenvalue weighted by Gasteiger charge is -2.03. The van der Waals surface area contributed by atoms with E-state index in [1.807, 2.05) is 0 Å². The molecule has 1 atom stereocenters. The van der Waals surface area contributed by atoms with E-state index >= 15 is 0 Å². The molecule has 1 unspecified atom stereocenters. The van der Waals surface area contributed by atoms with Crippen molar-refractivity contribution in [3.05, 3.63) is 0 Å². The van der Waals surface area contributed by atoms with Gasteiger partial charge in [0.25, 0.3) is 0 Å². The summed E-state index contributed by atoms with van der Waals surface area (Å²) in [5.74, 6) is 2.56. The Kier molecular flexibility index (Phi) is 7.23. The van der Waals surface area contributed by atoms with Crippen LogP contribution in [0, 0.1) is 12.3 Å². The van der Waals surface area contributed by atoms with Crippen LogP contribution in [0.4, 0.5) is 0 Å². The molecule has 0 amide bonds. The van der Waals surface area contributed by atoms with Crippen LogP contribution in [0.5, 0.6) is 0 Å². The lowest BCUT2D eigenvalue weighted by molar-refractivity contribution is 0.181. The first-order chi connectivity index (χ1) is 5.27. The minimum atomic E-state index is -0.176. The maximum absolute atomic E-state index is 8.89. The van der Waals surface area contributed by atoms with Gasteiger partial charge in [0.05, 0.1) is 6.10 Å².